The van der Waals surface area contributed by atoms with Crippen LogP contribution in [0.5, 0.6) is 0 Å². The summed E-state index contributed by atoms with van der Waals surface area (Å²) in [5.41, 5.74) is 5.74. The molecular weight excluding hydrogens is 295 g/mol. The highest BCUT2D eigenvalue weighted by Gasteiger charge is 2.20. The van der Waals surface area contributed by atoms with Crippen molar-refractivity contribution < 1.29 is 8.42 Å². The van der Waals surface area contributed by atoms with Crippen LogP contribution in [0.4, 0.5) is 0 Å². The first-order chi connectivity index (χ1) is 8.03. The molecule has 1 rings (SSSR count). The van der Waals surface area contributed by atoms with Gasteiger partial charge in [-0.1, -0.05) is 23.2 Å². The van der Waals surface area contributed by atoms with Gasteiger partial charge in [-0.3, -0.25) is 0 Å². The van der Waals surface area contributed by atoms with Gasteiger partial charge in [0.15, 0.2) is 0 Å². The summed E-state index contributed by atoms with van der Waals surface area (Å²) in [5.74, 6) is 0. The lowest BCUT2D eigenvalue weighted by Crippen LogP contribution is -2.45. The fourth-order valence-electron chi connectivity index (χ4n) is 1.14. The van der Waals surface area contributed by atoms with E-state index >= 15 is 0 Å². The number of benzene rings is 1. The average molecular weight is 311 g/mol. The molecule has 0 unspecified atom stereocenters. The van der Waals surface area contributed by atoms with Gasteiger partial charge in [0, 0.05) is 22.1 Å². The Kier molecular flexibility index (Phi) is 4.67. The Morgan fingerprint density at radius 3 is 2.11 bits per heavy atom. The highest BCUT2D eigenvalue weighted by molar-refractivity contribution is 7.89. The molecule has 0 saturated heterocycles. The van der Waals surface area contributed by atoms with Crippen molar-refractivity contribution in [3.05, 3.63) is 27.7 Å². The van der Waals surface area contributed by atoms with Crippen LogP contribution < -0.4 is 10.5 Å². The van der Waals surface area contributed by atoms with Gasteiger partial charge in [0.1, 0.15) is 0 Å². The maximum absolute atomic E-state index is 12.0. The first-order valence-electron chi connectivity index (χ1n) is 5.27. The minimum atomic E-state index is -3.65. The van der Waals surface area contributed by atoms with E-state index in [4.69, 9.17) is 28.9 Å². The standard InChI is InChI=1S/C11H16Cl2N2O2S/c1-7-9(12)4-8(5-10(7)13)18(16,17)15-6-11(2,3)14/h4-5,15H,6,14H2,1-3H3. The molecule has 7 heteroatoms. The van der Waals surface area contributed by atoms with Crippen LogP contribution in [0, 0.1) is 6.92 Å². The maximum atomic E-state index is 12.0. The summed E-state index contributed by atoms with van der Waals surface area (Å²) in [6, 6.07) is 2.74. The number of nitrogens with one attached hydrogen (secondary N) is 1. The number of rotatable bonds is 4. The summed E-state index contributed by atoms with van der Waals surface area (Å²) in [4.78, 5) is 0.0346. The predicted molar refractivity (Wildman–Crippen MR) is 74.7 cm³/mol. The van der Waals surface area contributed by atoms with Crippen molar-refractivity contribution in [3.63, 3.8) is 0 Å². The molecule has 0 atom stereocenters. The van der Waals surface area contributed by atoms with E-state index in [1.54, 1.807) is 20.8 Å². The van der Waals surface area contributed by atoms with E-state index in [1.807, 2.05) is 0 Å². The predicted octanol–water partition coefficient (Wildman–Crippen LogP) is 2.32. The van der Waals surface area contributed by atoms with Crippen LogP contribution in [0.25, 0.3) is 0 Å². The molecule has 0 aliphatic rings. The third-order valence-electron chi connectivity index (χ3n) is 2.28. The summed E-state index contributed by atoms with van der Waals surface area (Å²) in [6.07, 6.45) is 0. The second kappa shape index (κ2) is 5.35. The molecule has 0 heterocycles. The number of hydrogen-bond donors (Lipinski definition) is 2. The topological polar surface area (TPSA) is 72.2 Å². The fourth-order valence-corrected chi connectivity index (χ4v) is 3.03. The molecule has 0 bridgehead atoms. The van der Waals surface area contributed by atoms with E-state index in [0.29, 0.717) is 15.6 Å². The van der Waals surface area contributed by atoms with Crippen LogP contribution in [-0.2, 0) is 10.0 Å². The van der Waals surface area contributed by atoms with Crippen LogP contribution in [-0.4, -0.2) is 20.5 Å². The van der Waals surface area contributed by atoms with E-state index in [-0.39, 0.29) is 11.4 Å². The van der Waals surface area contributed by atoms with Crippen molar-refractivity contribution in [3.8, 4) is 0 Å². The van der Waals surface area contributed by atoms with Crippen molar-refractivity contribution in [2.75, 3.05) is 6.54 Å². The highest BCUT2D eigenvalue weighted by Crippen LogP contribution is 2.27. The van der Waals surface area contributed by atoms with Crippen LogP contribution in [0.1, 0.15) is 19.4 Å². The Labute approximate surface area is 118 Å². The van der Waals surface area contributed by atoms with Gasteiger partial charge in [0.2, 0.25) is 10.0 Å². The van der Waals surface area contributed by atoms with Gasteiger partial charge in [0.25, 0.3) is 0 Å². The van der Waals surface area contributed by atoms with Crippen molar-refractivity contribution in [2.24, 2.45) is 5.73 Å². The lowest BCUT2D eigenvalue weighted by Gasteiger charge is -2.19. The summed E-state index contributed by atoms with van der Waals surface area (Å²) in [6.45, 7) is 5.30. The zero-order chi connectivity index (χ0) is 14.1. The molecule has 0 fully saturated rings. The number of sulfonamides is 1. The van der Waals surface area contributed by atoms with Gasteiger partial charge < -0.3 is 5.73 Å². The fraction of sp³-hybridized carbons (Fsp3) is 0.455. The van der Waals surface area contributed by atoms with Crippen molar-refractivity contribution >= 4 is 33.2 Å². The largest absolute Gasteiger partial charge is 0.324 e. The zero-order valence-corrected chi connectivity index (χ0v) is 12.7. The normalized spacial score (nSPS) is 12.8. The van der Waals surface area contributed by atoms with Gasteiger partial charge in [0.05, 0.1) is 4.90 Å². The van der Waals surface area contributed by atoms with E-state index in [9.17, 15) is 8.42 Å². The molecule has 0 amide bonds. The second-order valence-electron chi connectivity index (χ2n) is 4.83. The Bertz CT molecular complexity index is 528. The smallest absolute Gasteiger partial charge is 0.240 e. The van der Waals surface area contributed by atoms with E-state index < -0.39 is 15.6 Å². The van der Waals surface area contributed by atoms with Gasteiger partial charge in [-0.05, 0) is 38.5 Å². The molecule has 0 aliphatic heterocycles. The molecule has 0 aliphatic carbocycles. The molecule has 0 spiro atoms. The zero-order valence-electron chi connectivity index (χ0n) is 10.4. The number of hydrogen-bond acceptors (Lipinski definition) is 3. The minimum Gasteiger partial charge on any atom is -0.324 e. The second-order valence-corrected chi connectivity index (χ2v) is 7.41. The quantitative estimate of drug-likeness (QED) is 0.896. The van der Waals surface area contributed by atoms with Gasteiger partial charge in [-0.15, -0.1) is 0 Å². The average Bonchev–Trinajstić information content (AvgIpc) is 2.21. The molecule has 0 aromatic heterocycles. The lowest BCUT2D eigenvalue weighted by atomic mass is 10.1. The van der Waals surface area contributed by atoms with E-state index in [1.165, 1.54) is 12.1 Å². The molecular formula is C11H16Cl2N2O2S. The number of halogens is 2. The molecule has 1 aromatic carbocycles. The van der Waals surface area contributed by atoms with Gasteiger partial charge in [-0.2, -0.15) is 0 Å². The molecule has 4 nitrogen and oxygen atoms in total. The number of nitrogens with two attached hydrogens (primary N) is 1. The SMILES string of the molecule is Cc1c(Cl)cc(S(=O)(=O)NCC(C)(C)N)cc1Cl. The summed E-state index contributed by atoms with van der Waals surface area (Å²) in [5, 5.41) is 0.629. The van der Waals surface area contributed by atoms with Crippen molar-refractivity contribution in [1.29, 1.82) is 0 Å². The third kappa shape index (κ3) is 4.10. The Morgan fingerprint density at radius 1 is 1.28 bits per heavy atom. The summed E-state index contributed by atoms with van der Waals surface area (Å²) in [7, 11) is -3.65. The molecule has 0 radical (unpaired) electrons. The van der Waals surface area contributed by atoms with E-state index in [2.05, 4.69) is 4.72 Å². The summed E-state index contributed by atoms with van der Waals surface area (Å²) < 4.78 is 26.4. The summed E-state index contributed by atoms with van der Waals surface area (Å²) >= 11 is 11.8. The monoisotopic (exact) mass is 310 g/mol. The maximum Gasteiger partial charge on any atom is 0.240 e. The van der Waals surface area contributed by atoms with Crippen molar-refractivity contribution in [2.45, 2.75) is 31.2 Å². The molecule has 3 N–H and O–H groups in total. The first-order valence-corrected chi connectivity index (χ1v) is 7.51. The Hall–Kier alpha value is -0.330. The molecule has 1 aromatic rings. The van der Waals surface area contributed by atoms with Crippen LogP contribution in [0.2, 0.25) is 10.0 Å². The minimum absolute atomic E-state index is 0.0346. The lowest BCUT2D eigenvalue weighted by molar-refractivity contribution is 0.498. The van der Waals surface area contributed by atoms with Crippen LogP contribution in [0.15, 0.2) is 17.0 Å². The van der Waals surface area contributed by atoms with Gasteiger partial charge >= 0.3 is 0 Å². The van der Waals surface area contributed by atoms with Gasteiger partial charge in [-0.25, -0.2) is 13.1 Å². The third-order valence-corrected chi connectivity index (χ3v) is 4.45. The van der Waals surface area contributed by atoms with Crippen LogP contribution >= 0.6 is 23.2 Å². The molecule has 0 saturated carbocycles. The molecule has 102 valence electrons. The molecule has 18 heavy (non-hydrogen) atoms. The van der Waals surface area contributed by atoms with Crippen LogP contribution in [0.3, 0.4) is 0 Å². The highest BCUT2D eigenvalue weighted by atomic mass is 35.5. The first kappa shape index (κ1) is 15.7. The Morgan fingerprint density at radius 2 is 1.72 bits per heavy atom. The van der Waals surface area contributed by atoms with Crippen molar-refractivity contribution in [1.82, 2.24) is 4.72 Å². The van der Waals surface area contributed by atoms with E-state index in [0.717, 1.165) is 0 Å². The Balaban J connectivity index is 3.07.